The molecule has 2 rings (SSSR count). The Hall–Kier alpha value is -2.17. The molecule has 0 radical (unpaired) electrons. The first-order valence-electron chi connectivity index (χ1n) is 6.86. The summed E-state index contributed by atoms with van der Waals surface area (Å²) >= 11 is 0. The highest BCUT2D eigenvalue weighted by Crippen LogP contribution is 2.12. The van der Waals surface area contributed by atoms with Crippen LogP contribution in [0.4, 0.5) is 0 Å². The van der Waals surface area contributed by atoms with Gasteiger partial charge in [-0.25, -0.2) is 0 Å². The second-order valence-corrected chi connectivity index (χ2v) is 4.81. The van der Waals surface area contributed by atoms with Gasteiger partial charge in [-0.1, -0.05) is 54.6 Å². The molecule has 0 fully saturated rings. The molecule has 0 bridgehead atoms. The first kappa shape index (κ1) is 15.2. The van der Waals surface area contributed by atoms with Gasteiger partial charge >= 0.3 is 0 Å². The normalized spacial score (nSPS) is 11.9. The fraction of sp³-hybridized carbons (Fsp3) is 0.235. The average molecular weight is 284 g/mol. The van der Waals surface area contributed by atoms with Crippen LogP contribution in [0.25, 0.3) is 0 Å². The highest BCUT2D eigenvalue weighted by Gasteiger charge is 2.15. The van der Waals surface area contributed by atoms with Crippen molar-refractivity contribution in [2.24, 2.45) is 5.73 Å². The van der Waals surface area contributed by atoms with E-state index < -0.39 is 6.04 Å². The predicted molar refractivity (Wildman–Crippen MR) is 82.4 cm³/mol. The van der Waals surface area contributed by atoms with Crippen LogP contribution in [0.1, 0.15) is 22.7 Å². The maximum atomic E-state index is 12.1. The first-order chi connectivity index (χ1) is 10.2. The molecule has 1 amide bonds. The van der Waals surface area contributed by atoms with Crippen LogP contribution >= 0.6 is 0 Å². The van der Waals surface area contributed by atoms with Crippen molar-refractivity contribution in [2.75, 3.05) is 7.11 Å². The van der Waals surface area contributed by atoms with E-state index in [2.05, 4.69) is 5.32 Å². The number of methoxy groups -OCH3 is 1. The Labute approximate surface area is 124 Å². The summed E-state index contributed by atoms with van der Waals surface area (Å²) in [6, 6.07) is 16.5. The smallest absolute Gasteiger partial charge is 0.241 e. The lowest BCUT2D eigenvalue weighted by atomic mass is 10.1. The van der Waals surface area contributed by atoms with Gasteiger partial charge in [-0.2, -0.15) is 0 Å². The largest absolute Gasteiger partial charge is 0.380 e. The molecule has 2 aromatic carbocycles. The van der Waals surface area contributed by atoms with Crippen molar-refractivity contribution in [3.8, 4) is 0 Å². The third-order valence-corrected chi connectivity index (χ3v) is 3.31. The van der Waals surface area contributed by atoms with Crippen molar-refractivity contribution in [3.05, 3.63) is 71.3 Å². The number of amides is 1. The number of nitrogens with two attached hydrogens (primary N) is 1. The third kappa shape index (κ3) is 4.15. The summed E-state index contributed by atoms with van der Waals surface area (Å²) in [6.45, 7) is 0.968. The van der Waals surface area contributed by atoms with Crippen LogP contribution in [-0.4, -0.2) is 13.0 Å². The minimum absolute atomic E-state index is 0.187. The number of hydrogen-bond donors (Lipinski definition) is 2. The van der Waals surface area contributed by atoms with Crippen LogP contribution < -0.4 is 11.1 Å². The van der Waals surface area contributed by atoms with Gasteiger partial charge in [0.1, 0.15) is 6.04 Å². The second kappa shape index (κ2) is 7.57. The Balaban J connectivity index is 1.98. The van der Waals surface area contributed by atoms with Crippen molar-refractivity contribution in [2.45, 2.75) is 19.2 Å². The molecule has 110 valence electrons. The van der Waals surface area contributed by atoms with Crippen LogP contribution in [0.3, 0.4) is 0 Å². The number of rotatable bonds is 6. The molecule has 0 spiro atoms. The molecule has 0 saturated carbocycles. The van der Waals surface area contributed by atoms with E-state index in [1.807, 2.05) is 54.6 Å². The highest BCUT2D eigenvalue weighted by molar-refractivity contribution is 5.82. The van der Waals surface area contributed by atoms with Crippen LogP contribution in [0.5, 0.6) is 0 Å². The standard InChI is InChI=1S/C17H20N2O2/c1-21-12-15-10-6-5-9-14(15)11-19-17(20)16(18)13-7-3-2-4-8-13/h2-10,16H,11-12,18H2,1H3,(H,19,20)/t16-/m0/s1. The molecule has 2 aromatic rings. The van der Waals surface area contributed by atoms with Gasteiger partial charge in [0.15, 0.2) is 0 Å². The summed E-state index contributed by atoms with van der Waals surface area (Å²) in [5.41, 5.74) is 8.87. The van der Waals surface area contributed by atoms with Gasteiger partial charge in [0, 0.05) is 13.7 Å². The molecule has 21 heavy (non-hydrogen) atoms. The van der Waals surface area contributed by atoms with Crippen LogP contribution in [-0.2, 0) is 22.7 Å². The quantitative estimate of drug-likeness (QED) is 0.854. The summed E-state index contributed by atoms with van der Waals surface area (Å²) in [5, 5.41) is 2.88. The van der Waals surface area contributed by atoms with Crippen molar-refractivity contribution in [1.29, 1.82) is 0 Å². The Kier molecular flexibility index (Phi) is 5.49. The predicted octanol–water partition coefficient (Wildman–Crippen LogP) is 2.15. The highest BCUT2D eigenvalue weighted by atomic mass is 16.5. The Bertz CT molecular complexity index is 584. The molecular weight excluding hydrogens is 264 g/mol. The topological polar surface area (TPSA) is 64.3 Å². The van der Waals surface area contributed by atoms with Crippen LogP contribution in [0.15, 0.2) is 54.6 Å². The van der Waals surface area contributed by atoms with Gasteiger partial charge in [-0.05, 0) is 16.7 Å². The van der Waals surface area contributed by atoms with E-state index in [-0.39, 0.29) is 5.91 Å². The van der Waals surface area contributed by atoms with E-state index in [1.165, 1.54) is 0 Å². The molecule has 4 nitrogen and oxygen atoms in total. The maximum Gasteiger partial charge on any atom is 0.241 e. The summed E-state index contributed by atoms with van der Waals surface area (Å²) in [5.74, 6) is -0.187. The van der Waals surface area contributed by atoms with Gasteiger partial charge in [0.2, 0.25) is 5.91 Å². The van der Waals surface area contributed by atoms with E-state index in [9.17, 15) is 4.79 Å². The summed E-state index contributed by atoms with van der Waals surface area (Å²) in [6.07, 6.45) is 0. The molecule has 0 unspecified atom stereocenters. The number of hydrogen-bond acceptors (Lipinski definition) is 3. The lowest BCUT2D eigenvalue weighted by Crippen LogP contribution is -2.33. The maximum absolute atomic E-state index is 12.1. The molecule has 0 aliphatic rings. The third-order valence-electron chi connectivity index (χ3n) is 3.31. The molecule has 0 aliphatic heterocycles. The number of ether oxygens (including phenoxy) is 1. The molecule has 0 heterocycles. The fourth-order valence-corrected chi connectivity index (χ4v) is 2.13. The monoisotopic (exact) mass is 284 g/mol. The number of carbonyl (C=O) groups is 1. The zero-order valence-corrected chi connectivity index (χ0v) is 12.1. The Morgan fingerprint density at radius 2 is 1.71 bits per heavy atom. The number of benzene rings is 2. The summed E-state index contributed by atoms with van der Waals surface area (Å²) < 4.78 is 5.15. The van der Waals surface area contributed by atoms with E-state index >= 15 is 0 Å². The van der Waals surface area contributed by atoms with Gasteiger partial charge in [0.05, 0.1) is 6.61 Å². The van der Waals surface area contributed by atoms with Gasteiger partial charge < -0.3 is 15.8 Å². The average Bonchev–Trinajstić information content (AvgIpc) is 2.54. The lowest BCUT2D eigenvalue weighted by molar-refractivity contribution is -0.122. The molecule has 1 atom stereocenters. The molecule has 4 heteroatoms. The van der Waals surface area contributed by atoms with Crippen LogP contribution in [0.2, 0.25) is 0 Å². The van der Waals surface area contributed by atoms with Gasteiger partial charge in [-0.3, -0.25) is 4.79 Å². The zero-order valence-electron chi connectivity index (χ0n) is 12.1. The Morgan fingerprint density at radius 3 is 2.38 bits per heavy atom. The fourth-order valence-electron chi connectivity index (χ4n) is 2.13. The van der Waals surface area contributed by atoms with E-state index in [1.54, 1.807) is 7.11 Å². The van der Waals surface area contributed by atoms with Crippen molar-refractivity contribution in [3.63, 3.8) is 0 Å². The molecular formula is C17H20N2O2. The number of carbonyl (C=O) groups excluding carboxylic acids is 1. The molecule has 0 saturated heterocycles. The minimum atomic E-state index is -0.652. The van der Waals surface area contributed by atoms with Crippen molar-refractivity contribution in [1.82, 2.24) is 5.32 Å². The van der Waals surface area contributed by atoms with E-state index in [0.717, 1.165) is 16.7 Å². The molecule has 0 aromatic heterocycles. The summed E-state index contributed by atoms with van der Waals surface area (Å²) in [4.78, 5) is 12.1. The van der Waals surface area contributed by atoms with Crippen molar-refractivity contribution < 1.29 is 9.53 Å². The second-order valence-electron chi connectivity index (χ2n) is 4.81. The van der Waals surface area contributed by atoms with E-state index in [0.29, 0.717) is 13.2 Å². The van der Waals surface area contributed by atoms with Crippen molar-refractivity contribution >= 4 is 5.91 Å². The molecule has 3 N–H and O–H groups in total. The molecule has 0 aliphatic carbocycles. The lowest BCUT2D eigenvalue weighted by Gasteiger charge is -2.14. The number of nitrogens with one attached hydrogen (secondary N) is 1. The minimum Gasteiger partial charge on any atom is -0.380 e. The van der Waals surface area contributed by atoms with E-state index in [4.69, 9.17) is 10.5 Å². The first-order valence-corrected chi connectivity index (χ1v) is 6.86. The Morgan fingerprint density at radius 1 is 1.10 bits per heavy atom. The SMILES string of the molecule is COCc1ccccc1CNC(=O)[C@@H](N)c1ccccc1. The van der Waals surface area contributed by atoms with Gasteiger partial charge in [0.25, 0.3) is 0 Å². The summed E-state index contributed by atoms with van der Waals surface area (Å²) in [7, 11) is 1.65. The van der Waals surface area contributed by atoms with Crippen LogP contribution in [0, 0.1) is 0 Å². The van der Waals surface area contributed by atoms with Gasteiger partial charge in [-0.15, -0.1) is 0 Å². The zero-order chi connectivity index (χ0) is 15.1.